The van der Waals surface area contributed by atoms with Gasteiger partial charge in [-0.3, -0.25) is 19.4 Å². The summed E-state index contributed by atoms with van der Waals surface area (Å²) >= 11 is 0. The lowest BCUT2D eigenvalue weighted by Gasteiger charge is -2.13. The van der Waals surface area contributed by atoms with E-state index in [4.69, 9.17) is 4.84 Å². The van der Waals surface area contributed by atoms with Crippen molar-refractivity contribution in [2.24, 2.45) is 0 Å². The molecule has 25 heavy (non-hydrogen) atoms. The summed E-state index contributed by atoms with van der Waals surface area (Å²) < 4.78 is 0. The van der Waals surface area contributed by atoms with Crippen LogP contribution in [0.4, 0.5) is 0 Å². The Bertz CT molecular complexity index is 872. The third-order valence-electron chi connectivity index (χ3n) is 3.56. The fourth-order valence-electron chi connectivity index (χ4n) is 2.31. The Balaban J connectivity index is 1.82. The number of hydrogen-bond acceptors (Lipinski definition) is 6. The van der Waals surface area contributed by atoms with E-state index in [9.17, 15) is 19.2 Å². The molecule has 3 rings (SSSR count). The molecule has 1 aliphatic heterocycles. The van der Waals surface area contributed by atoms with Crippen molar-refractivity contribution in [2.45, 2.75) is 0 Å². The molecular weight excluding hydrogens is 326 g/mol. The number of imide groups is 1. The molecule has 0 aliphatic carbocycles. The SMILES string of the molecule is CN(C)C(=O)c1cncc(C(=O)ON2C(=O)c3ccccc3C2=O)c1. The van der Waals surface area contributed by atoms with Crippen molar-refractivity contribution >= 4 is 23.7 Å². The second kappa shape index (κ2) is 6.16. The van der Waals surface area contributed by atoms with E-state index in [1.807, 2.05) is 0 Å². The van der Waals surface area contributed by atoms with E-state index in [2.05, 4.69) is 4.98 Å². The van der Waals surface area contributed by atoms with Crippen LogP contribution >= 0.6 is 0 Å². The molecule has 0 fully saturated rings. The van der Waals surface area contributed by atoms with Gasteiger partial charge in [0, 0.05) is 26.5 Å². The molecule has 0 N–H and O–H groups in total. The molecule has 0 spiro atoms. The molecule has 1 aromatic carbocycles. The van der Waals surface area contributed by atoms with Crippen LogP contribution in [0.3, 0.4) is 0 Å². The van der Waals surface area contributed by atoms with Crippen molar-refractivity contribution in [3.8, 4) is 0 Å². The van der Waals surface area contributed by atoms with Gasteiger partial charge in [0.05, 0.1) is 22.3 Å². The highest BCUT2D eigenvalue weighted by atomic mass is 16.7. The van der Waals surface area contributed by atoms with E-state index >= 15 is 0 Å². The first-order valence-corrected chi connectivity index (χ1v) is 7.27. The molecule has 3 amide bonds. The summed E-state index contributed by atoms with van der Waals surface area (Å²) in [5.74, 6) is -2.75. The lowest BCUT2D eigenvalue weighted by molar-refractivity contribution is -0.0584. The molecule has 1 aromatic heterocycles. The van der Waals surface area contributed by atoms with Gasteiger partial charge < -0.3 is 9.74 Å². The summed E-state index contributed by atoms with van der Waals surface area (Å²) in [7, 11) is 3.12. The van der Waals surface area contributed by atoms with Gasteiger partial charge in [-0.15, -0.1) is 0 Å². The molecule has 0 bridgehead atoms. The Labute approximate surface area is 142 Å². The normalized spacial score (nSPS) is 12.8. The van der Waals surface area contributed by atoms with E-state index in [0.717, 1.165) is 0 Å². The Hall–Kier alpha value is -3.55. The molecule has 8 nitrogen and oxygen atoms in total. The number of pyridine rings is 1. The molecule has 126 valence electrons. The first kappa shape index (κ1) is 16.3. The van der Waals surface area contributed by atoms with Crippen molar-refractivity contribution in [1.82, 2.24) is 14.9 Å². The second-order valence-corrected chi connectivity index (χ2v) is 5.49. The monoisotopic (exact) mass is 339 g/mol. The summed E-state index contributed by atoms with van der Waals surface area (Å²) in [5.41, 5.74) is 0.455. The maximum absolute atomic E-state index is 12.3. The van der Waals surface area contributed by atoms with Gasteiger partial charge >= 0.3 is 5.97 Å². The number of fused-ring (bicyclic) bond motifs is 1. The number of carbonyl (C=O) groups is 4. The van der Waals surface area contributed by atoms with E-state index in [-0.39, 0.29) is 28.2 Å². The first-order valence-electron chi connectivity index (χ1n) is 7.27. The summed E-state index contributed by atoms with van der Waals surface area (Å²) in [6.45, 7) is 0. The van der Waals surface area contributed by atoms with Crippen molar-refractivity contribution in [3.05, 3.63) is 65.0 Å². The third-order valence-corrected chi connectivity index (χ3v) is 3.56. The average molecular weight is 339 g/mol. The zero-order valence-corrected chi connectivity index (χ0v) is 13.4. The van der Waals surface area contributed by atoms with Crippen molar-refractivity contribution in [3.63, 3.8) is 0 Å². The highest BCUT2D eigenvalue weighted by molar-refractivity contribution is 6.21. The molecule has 2 heterocycles. The van der Waals surface area contributed by atoms with E-state index in [0.29, 0.717) is 5.06 Å². The topological polar surface area (TPSA) is 96.9 Å². The number of hydrogen-bond donors (Lipinski definition) is 0. The Kier molecular flexibility index (Phi) is 4.02. The summed E-state index contributed by atoms with van der Waals surface area (Å²) in [5, 5.41) is 0.410. The van der Waals surface area contributed by atoms with Gasteiger partial charge in [0.2, 0.25) is 0 Å². The number of aromatic nitrogens is 1. The molecule has 0 saturated carbocycles. The van der Waals surface area contributed by atoms with Gasteiger partial charge in [-0.25, -0.2) is 4.79 Å². The zero-order chi connectivity index (χ0) is 18.1. The van der Waals surface area contributed by atoms with E-state index < -0.39 is 17.8 Å². The van der Waals surface area contributed by atoms with Crippen LogP contribution in [0.2, 0.25) is 0 Å². The highest BCUT2D eigenvalue weighted by Crippen LogP contribution is 2.23. The number of nitrogens with zero attached hydrogens (tertiary/aromatic N) is 3. The number of rotatable bonds is 3. The third kappa shape index (κ3) is 2.85. The van der Waals surface area contributed by atoms with Crippen LogP contribution < -0.4 is 0 Å². The lowest BCUT2D eigenvalue weighted by atomic mass is 10.1. The van der Waals surface area contributed by atoms with Gasteiger partial charge in [0.1, 0.15) is 0 Å². The largest absolute Gasteiger partial charge is 0.365 e. The maximum Gasteiger partial charge on any atom is 0.365 e. The van der Waals surface area contributed by atoms with Gasteiger partial charge in [0.25, 0.3) is 17.7 Å². The molecule has 8 heteroatoms. The van der Waals surface area contributed by atoms with E-state index in [1.54, 1.807) is 26.2 Å². The Morgan fingerprint density at radius 1 is 1.00 bits per heavy atom. The van der Waals surface area contributed by atoms with Gasteiger partial charge in [0.15, 0.2) is 0 Å². The molecule has 0 unspecified atom stereocenters. The highest BCUT2D eigenvalue weighted by Gasteiger charge is 2.38. The summed E-state index contributed by atoms with van der Waals surface area (Å²) in [6, 6.07) is 7.45. The minimum atomic E-state index is -0.963. The molecule has 2 aromatic rings. The maximum atomic E-state index is 12.3. The van der Waals surface area contributed by atoms with Crippen LogP contribution in [0.1, 0.15) is 41.4 Å². The quantitative estimate of drug-likeness (QED) is 0.778. The average Bonchev–Trinajstić information content (AvgIpc) is 2.86. The van der Waals surface area contributed by atoms with Crippen LogP contribution in [-0.4, -0.2) is 52.7 Å². The minimum absolute atomic E-state index is 0.0516. The van der Waals surface area contributed by atoms with Crippen LogP contribution in [0.5, 0.6) is 0 Å². The van der Waals surface area contributed by atoms with Crippen LogP contribution in [0.25, 0.3) is 0 Å². The zero-order valence-electron chi connectivity index (χ0n) is 13.4. The fourth-order valence-corrected chi connectivity index (χ4v) is 2.31. The smallest absolute Gasteiger partial charge is 0.345 e. The van der Waals surface area contributed by atoms with Crippen molar-refractivity contribution < 1.29 is 24.0 Å². The second-order valence-electron chi connectivity index (χ2n) is 5.49. The van der Waals surface area contributed by atoms with Crippen molar-refractivity contribution in [1.29, 1.82) is 0 Å². The predicted molar refractivity (Wildman–Crippen MR) is 84.6 cm³/mol. The van der Waals surface area contributed by atoms with Gasteiger partial charge in [-0.05, 0) is 18.2 Å². The first-order chi connectivity index (χ1) is 11.9. The lowest BCUT2D eigenvalue weighted by Crippen LogP contribution is -2.32. The summed E-state index contributed by atoms with van der Waals surface area (Å²) in [4.78, 5) is 58.7. The van der Waals surface area contributed by atoms with Crippen LogP contribution in [-0.2, 0) is 4.84 Å². The van der Waals surface area contributed by atoms with E-state index in [1.165, 1.54) is 35.5 Å². The predicted octanol–water partition coefficient (Wildman–Crippen LogP) is 1.15. The number of hydroxylamine groups is 2. The fraction of sp³-hybridized carbons (Fsp3) is 0.118. The Morgan fingerprint density at radius 3 is 2.12 bits per heavy atom. The minimum Gasteiger partial charge on any atom is -0.345 e. The molecule has 1 aliphatic rings. The molecule has 0 atom stereocenters. The molecular formula is C17H13N3O5. The van der Waals surface area contributed by atoms with Crippen molar-refractivity contribution in [2.75, 3.05) is 14.1 Å². The van der Waals surface area contributed by atoms with Crippen LogP contribution in [0, 0.1) is 0 Å². The molecule has 0 radical (unpaired) electrons. The number of benzene rings is 1. The van der Waals surface area contributed by atoms with Crippen LogP contribution in [0.15, 0.2) is 42.7 Å². The summed E-state index contributed by atoms with van der Waals surface area (Å²) in [6.07, 6.45) is 2.49. The number of carbonyl (C=O) groups excluding carboxylic acids is 4. The number of amides is 3. The van der Waals surface area contributed by atoms with Gasteiger partial charge in [-0.2, -0.15) is 0 Å². The Morgan fingerprint density at radius 2 is 1.56 bits per heavy atom. The molecule has 0 saturated heterocycles. The van der Waals surface area contributed by atoms with Gasteiger partial charge in [-0.1, -0.05) is 17.2 Å². The standard InChI is InChI=1S/C17H13N3O5/c1-19(2)14(21)10-7-11(9-18-8-10)17(24)25-20-15(22)12-5-3-4-6-13(12)16(20)23/h3-9H,1-2H3.